The minimum Gasteiger partial charge on any atom is -0.441 e. The number of oxazole rings is 1. The Kier molecular flexibility index (Phi) is 5.49. The van der Waals surface area contributed by atoms with E-state index in [0.717, 1.165) is 22.6 Å². The first kappa shape index (κ1) is 16.5. The first-order valence-electron chi connectivity index (χ1n) is 7.87. The van der Waals surface area contributed by atoms with Crippen LogP contribution in [0.1, 0.15) is 17.0 Å². The van der Waals surface area contributed by atoms with Gasteiger partial charge >= 0.3 is 0 Å². The molecule has 3 nitrogen and oxygen atoms in total. The molecule has 0 saturated heterocycles. The van der Waals surface area contributed by atoms with E-state index in [1.165, 1.54) is 0 Å². The van der Waals surface area contributed by atoms with Gasteiger partial charge in [-0.3, -0.25) is 4.79 Å². The van der Waals surface area contributed by atoms with E-state index < -0.39 is 0 Å². The zero-order valence-electron chi connectivity index (χ0n) is 13.6. The highest BCUT2D eigenvalue weighted by Crippen LogP contribution is 2.24. The molecule has 0 bridgehead atoms. The average molecular weight is 337 g/mol. The van der Waals surface area contributed by atoms with Crippen molar-refractivity contribution < 1.29 is 9.21 Å². The Morgan fingerprint density at radius 2 is 1.71 bits per heavy atom. The predicted molar refractivity (Wildman–Crippen MR) is 98.0 cm³/mol. The standard InChI is InChI=1S/C20H19NO2S/c1-15-19(21-20(23-15)17-10-6-3-7-11-17)14-24-13-18(22)12-16-8-4-2-5-9-16/h2-11H,12-14H2,1H3. The Bertz CT molecular complexity index is 797. The van der Waals surface area contributed by atoms with E-state index in [1.54, 1.807) is 11.8 Å². The summed E-state index contributed by atoms with van der Waals surface area (Å²) in [6.45, 7) is 1.92. The number of rotatable bonds is 7. The first-order valence-corrected chi connectivity index (χ1v) is 9.03. The van der Waals surface area contributed by atoms with Crippen molar-refractivity contribution in [3.63, 3.8) is 0 Å². The molecule has 0 radical (unpaired) electrons. The molecule has 1 aromatic heterocycles. The van der Waals surface area contributed by atoms with E-state index in [9.17, 15) is 4.79 Å². The molecule has 122 valence electrons. The van der Waals surface area contributed by atoms with Gasteiger partial charge in [-0.2, -0.15) is 0 Å². The molecule has 24 heavy (non-hydrogen) atoms. The Balaban J connectivity index is 1.54. The molecule has 4 heteroatoms. The van der Waals surface area contributed by atoms with Crippen LogP contribution in [0.2, 0.25) is 0 Å². The average Bonchev–Trinajstić information content (AvgIpc) is 2.98. The second kappa shape index (κ2) is 7.97. The Morgan fingerprint density at radius 3 is 2.42 bits per heavy atom. The van der Waals surface area contributed by atoms with Gasteiger partial charge < -0.3 is 4.42 Å². The summed E-state index contributed by atoms with van der Waals surface area (Å²) in [6, 6.07) is 19.7. The smallest absolute Gasteiger partial charge is 0.226 e. The lowest BCUT2D eigenvalue weighted by Crippen LogP contribution is -2.06. The van der Waals surface area contributed by atoms with Crippen molar-refractivity contribution in [3.05, 3.63) is 77.7 Å². The van der Waals surface area contributed by atoms with Crippen LogP contribution in [-0.4, -0.2) is 16.5 Å². The third-order valence-electron chi connectivity index (χ3n) is 3.66. The molecule has 0 atom stereocenters. The number of hydrogen-bond donors (Lipinski definition) is 0. The number of benzene rings is 2. The van der Waals surface area contributed by atoms with Gasteiger partial charge in [-0.1, -0.05) is 48.5 Å². The highest BCUT2D eigenvalue weighted by Gasteiger charge is 2.12. The number of aromatic nitrogens is 1. The summed E-state index contributed by atoms with van der Waals surface area (Å²) in [6.07, 6.45) is 0.487. The molecule has 0 spiro atoms. The van der Waals surface area contributed by atoms with Gasteiger partial charge in [0.2, 0.25) is 5.89 Å². The second-order valence-corrected chi connectivity index (χ2v) is 6.57. The SMILES string of the molecule is Cc1oc(-c2ccccc2)nc1CSCC(=O)Cc1ccccc1. The van der Waals surface area contributed by atoms with Gasteiger partial charge in [0, 0.05) is 17.7 Å². The number of hydrogen-bond acceptors (Lipinski definition) is 4. The van der Waals surface area contributed by atoms with Crippen LogP contribution >= 0.6 is 11.8 Å². The summed E-state index contributed by atoms with van der Waals surface area (Å²) in [5.41, 5.74) is 2.94. The number of aryl methyl sites for hydroxylation is 1. The summed E-state index contributed by atoms with van der Waals surface area (Å²) in [5.74, 6) is 2.86. The normalized spacial score (nSPS) is 10.7. The van der Waals surface area contributed by atoms with Crippen molar-refractivity contribution in [2.24, 2.45) is 0 Å². The van der Waals surface area contributed by atoms with Crippen LogP contribution in [-0.2, 0) is 17.0 Å². The lowest BCUT2D eigenvalue weighted by Gasteiger charge is -2.01. The molecule has 2 aromatic carbocycles. The Hall–Kier alpha value is -2.33. The second-order valence-electron chi connectivity index (χ2n) is 5.58. The van der Waals surface area contributed by atoms with Crippen molar-refractivity contribution in [1.82, 2.24) is 4.98 Å². The summed E-state index contributed by atoms with van der Waals surface area (Å²) in [5, 5.41) is 0. The number of carbonyl (C=O) groups is 1. The van der Waals surface area contributed by atoms with Gasteiger partial charge in [0.1, 0.15) is 11.5 Å². The zero-order valence-corrected chi connectivity index (χ0v) is 14.4. The summed E-state index contributed by atoms with van der Waals surface area (Å²) < 4.78 is 5.74. The van der Waals surface area contributed by atoms with Crippen LogP contribution in [0.4, 0.5) is 0 Å². The van der Waals surface area contributed by atoms with E-state index in [-0.39, 0.29) is 5.78 Å². The maximum absolute atomic E-state index is 12.0. The molecule has 0 unspecified atom stereocenters. The minimum atomic E-state index is 0.232. The molecule has 3 aromatic rings. The molecule has 0 aliphatic carbocycles. The van der Waals surface area contributed by atoms with E-state index in [0.29, 0.717) is 23.8 Å². The molecule has 0 aliphatic rings. The number of thioether (sulfide) groups is 1. The van der Waals surface area contributed by atoms with Gasteiger partial charge in [-0.25, -0.2) is 4.98 Å². The van der Waals surface area contributed by atoms with E-state index in [2.05, 4.69) is 4.98 Å². The van der Waals surface area contributed by atoms with Crippen LogP contribution in [0, 0.1) is 6.92 Å². The molecule has 0 N–H and O–H groups in total. The highest BCUT2D eigenvalue weighted by molar-refractivity contribution is 7.99. The van der Waals surface area contributed by atoms with Gasteiger partial charge in [0.05, 0.1) is 11.4 Å². The van der Waals surface area contributed by atoms with Gasteiger partial charge in [-0.05, 0) is 24.6 Å². The number of Topliss-reactive ketones (excluding diaryl/α,β-unsaturated/α-hetero) is 1. The molecular formula is C20H19NO2S. The lowest BCUT2D eigenvalue weighted by molar-refractivity contribution is -0.116. The van der Waals surface area contributed by atoms with Gasteiger partial charge in [-0.15, -0.1) is 11.8 Å². The third-order valence-corrected chi connectivity index (χ3v) is 4.66. The maximum atomic E-state index is 12.0. The highest BCUT2D eigenvalue weighted by atomic mass is 32.2. The Labute approximate surface area is 146 Å². The van der Waals surface area contributed by atoms with E-state index in [4.69, 9.17) is 4.42 Å². The fourth-order valence-electron chi connectivity index (χ4n) is 2.40. The lowest BCUT2D eigenvalue weighted by atomic mass is 10.1. The van der Waals surface area contributed by atoms with E-state index in [1.807, 2.05) is 67.6 Å². The largest absolute Gasteiger partial charge is 0.441 e. The molecule has 0 fully saturated rings. The summed E-state index contributed by atoms with van der Waals surface area (Å²) >= 11 is 1.58. The molecule has 0 aliphatic heterocycles. The fourth-order valence-corrected chi connectivity index (χ4v) is 3.30. The van der Waals surface area contributed by atoms with Gasteiger partial charge in [0.25, 0.3) is 0 Å². The van der Waals surface area contributed by atoms with Crippen molar-refractivity contribution in [2.75, 3.05) is 5.75 Å². The van der Waals surface area contributed by atoms with Crippen LogP contribution in [0.25, 0.3) is 11.5 Å². The number of nitrogens with zero attached hydrogens (tertiary/aromatic N) is 1. The predicted octanol–water partition coefficient (Wildman–Crippen LogP) is 4.70. The molecule has 3 rings (SSSR count). The quantitative estimate of drug-likeness (QED) is 0.627. The van der Waals surface area contributed by atoms with Crippen LogP contribution in [0.3, 0.4) is 0 Å². The zero-order chi connectivity index (χ0) is 16.8. The molecule has 0 saturated carbocycles. The number of carbonyl (C=O) groups excluding carboxylic acids is 1. The van der Waals surface area contributed by atoms with E-state index >= 15 is 0 Å². The molecule has 1 heterocycles. The summed E-state index contributed by atoms with van der Waals surface area (Å²) in [4.78, 5) is 16.6. The van der Waals surface area contributed by atoms with Crippen molar-refractivity contribution in [1.29, 1.82) is 0 Å². The van der Waals surface area contributed by atoms with Crippen LogP contribution < -0.4 is 0 Å². The van der Waals surface area contributed by atoms with Crippen LogP contribution in [0.5, 0.6) is 0 Å². The minimum absolute atomic E-state index is 0.232. The monoisotopic (exact) mass is 337 g/mol. The number of ketones is 1. The van der Waals surface area contributed by atoms with Crippen molar-refractivity contribution >= 4 is 17.5 Å². The van der Waals surface area contributed by atoms with Crippen molar-refractivity contribution in [2.45, 2.75) is 19.1 Å². The topological polar surface area (TPSA) is 43.1 Å². The van der Waals surface area contributed by atoms with Gasteiger partial charge in [0.15, 0.2) is 0 Å². The molecular weight excluding hydrogens is 318 g/mol. The summed E-state index contributed by atoms with van der Waals surface area (Å²) in [7, 11) is 0. The van der Waals surface area contributed by atoms with Crippen LogP contribution in [0.15, 0.2) is 65.1 Å². The Morgan fingerprint density at radius 1 is 1.04 bits per heavy atom. The van der Waals surface area contributed by atoms with Crippen molar-refractivity contribution in [3.8, 4) is 11.5 Å². The third kappa shape index (κ3) is 4.36. The maximum Gasteiger partial charge on any atom is 0.226 e. The first-order chi connectivity index (χ1) is 11.7. The molecule has 0 amide bonds. The fraction of sp³-hybridized carbons (Fsp3) is 0.200.